The van der Waals surface area contributed by atoms with E-state index in [0.717, 1.165) is 0 Å². The first-order valence-electron chi connectivity index (χ1n) is 2.67. The highest BCUT2D eigenvalue weighted by molar-refractivity contribution is 6.39. The van der Waals surface area contributed by atoms with Gasteiger partial charge in [0, 0.05) is 0 Å². The maximum atomic E-state index is 10.7. The molecule has 0 aromatic carbocycles. The van der Waals surface area contributed by atoms with Gasteiger partial charge in [-0.25, -0.2) is 4.99 Å². The fraction of sp³-hybridized carbons (Fsp3) is 0.167. The minimum Gasteiger partial charge on any atom is -0.477 e. The van der Waals surface area contributed by atoms with Crippen molar-refractivity contribution in [3.8, 4) is 0 Å². The standard InChI is InChI=1S/C6H7N2O2/c1-8-3-5(7-4-8)6(9)10-2/h3-4H,1H2,2H3/q-1. The molecule has 10 heavy (non-hydrogen) atoms. The normalized spacial score (nSPS) is 15.3. The Kier molecular flexibility index (Phi) is 1.62. The van der Waals surface area contributed by atoms with Crippen LogP contribution >= 0.6 is 0 Å². The van der Waals surface area contributed by atoms with Gasteiger partial charge in [-0.1, -0.05) is 6.54 Å². The molecule has 0 aliphatic carbocycles. The summed E-state index contributed by atoms with van der Waals surface area (Å²) in [5.41, 5.74) is 0.275. The van der Waals surface area contributed by atoms with Gasteiger partial charge in [-0.15, -0.1) is 6.72 Å². The summed E-state index contributed by atoms with van der Waals surface area (Å²) in [7, 11) is 1.31. The Balaban J connectivity index is 2.59. The van der Waals surface area contributed by atoms with Gasteiger partial charge in [0.1, 0.15) is 6.67 Å². The molecule has 0 bridgehead atoms. The van der Waals surface area contributed by atoms with Gasteiger partial charge in [-0.2, -0.15) is 0 Å². The molecule has 0 N–H and O–H groups in total. The largest absolute Gasteiger partial charge is 0.477 e. The van der Waals surface area contributed by atoms with Crippen LogP contribution in [0.3, 0.4) is 0 Å². The second-order valence-corrected chi connectivity index (χ2v) is 1.76. The number of hydrogen-bond donors (Lipinski definition) is 0. The summed E-state index contributed by atoms with van der Waals surface area (Å²) < 4.78 is 5.84. The number of esters is 1. The average Bonchev–Trinajstić information content (AvgIpc) is 2.34. The molecule has 0 saturated carbocycles. The van der Waals surface area contributed by atoms with Crippen LogP contribution in [-0.4, -0.2) is 30.1 Å². The molecule has 4 heteroatoms. The SMILES string of the molecule is C=[N+]1[CH-]N=C(C(=O)OC)[CH-]1. The van der Waals surface area contributed by atoms with E-state index in [2.05, 4.69) is 16.4 Å². The quantitative estimate of drug-likeness (QED) is 0.282. The van der Waals surface area contributed by atoms with Crippen LogP contribution in [0.25, 0.3) is 0 Å². The minimum absolute atomic E-state index is 0.275. The van der Waals surface area contributed by atoms with E-state index in [-0.39, 0.29) is 5.71 Å². The van der Waals surface area contributed by atoms with Crippen molar-refractivity contribution in [2.75, 3.05) is 7.11 Å². The maximum Gasteiger partial charge on any atom is 0.281 e. The molecule has 1 aliphatic heterocycles. The second kappa shape index (κ2) is 2.43. The third-order valence-electron chi connectivity index (χ3n) is 1.03. The highest BCUT2D eigenvalue weighted by atomic mass is 16.5. The van der Waals surface area contributed by atoms with Gasteiger partial charge in [0.2, 0.25) is 0 Å². The van der Waals surface area contributed by atoms with E-state index >= 15 is 0 Å². The van der Waals surface area contributed by atoms with Gasteiger partial charge in [0.15, 0.2) is 0 Å². The van der Waals surface area contributed by atoms with Gasteiger partial charge >= 0.3 is 0 Å². The predicted molar refractivity (Wildman–Crippen MR) is 35.4 cm³/mol. The third-order valence-corrected chi connectivity index (χ3v) is 1.03. The molecule has 0 unspecified atom stereocenters. The number of methoxy groups -OCH3 is 1. The predicted octanol–water partition coefficient (Wildman–Crippen LogP) is -0.392. The fourth-order valence-corrected chi connectivity index (χ4v) is 0.570. The van der Waals surface area contributed by atoms with Crippen molar-refractivity contribution in [3.63, 3.8) is 0 Å². The van der Waals surface area contributed by atoms with E-state index < -0.39 is 5.97 Å². The summed E-state index contributed by atoms with van der Waals surface area (Å²) in [6.45, 7) is 6.43. The van der Waals surface area contributed by atoms with Crippen LogP contribution in [-0.2, 0) is 9.53 Å². The molecule has 0 atom stereocenters. The lowest BCUT2D eigenvalue weighted by atomic mass is 10.4. The number of aliphatic imine (C=N–C) groups is 1. The Morgan fingerprint density at radius 2 is 2.60 bits per heavy atom. The molecule has 0 spiro atoms. The first kappa shape index (κ1) is 6.67. The smallest absolute Gasteiger partial charge is 0.281 e. The summed E-state index contributed by atoms with van der Waals surface area (Å²) in [6, 6.07) is 0. The Hall–Kier alpha value is -1.45. The zero-order valence-electron chi connectivity index (χ0n) is 5.57. The van der Waals surface area contributed by atoms with E-state index in [1.807, 2.05) is 0 Å². The van der Waals surface area contributed by atoms with Gasteiger partial charge < -0.3 is 9.31 Å². The average molecular weight is 139 g/mol. The van der Waals surface area contributed by atoms with Crippen LogP contribution < -0.4 is 0 Å². The minimum atomic E-state index is -0.442. The number of nitrogens with zero attached hydrogens (tertiary/aromatic N) is 2. The Labute approximate surface area is 58.8 Å². The lowest BCUT2D eigenvalue weighted by Crippen LogP contribution is -2.15. The van der Waals surface area contributed by atoms with E-state index in [0.29, 0.717) is 0 Å². The summed E-state index contributed by atoms with van der Waals surface area (Å²) in [6.07, 6.45) is 0. The monoisotopic (exact) mass is 139 g/mol. The molecule has 1 aliphatic rings. The summed E-state index contributed by atoms with van der Waals surface area (Å²) in [5.74, 6) is -0.442. The zero-order valence-corrected chi connectivity index (χ0v) is 5.57. The van der Waals surface area contributed by atoms with Crippen LogP contribution in [0.2, 0.25) is 0 Å². The molecule has 0 fully saturated rings. The van der Waals surface area contributed by atoms with Crippen molar-refractivity contribution in [2.45, 2.75) is 0 Å². The number of carbonyl (C=O) groups excluding carboxylic acids is 1. The first-order chi connectivity index (χ1) is 4.74. The summed E-state index contributed by atoms with van der Waals surface area (Å²) >= 11 is 0. The van der Waals surface area contributed by atoms with Gasteiger partial charge in [0.05, 0.1) is 12.8 Å². The van der Waals surface area contributed by atoms with E-state index in [9.17, 15) is 4.79 Å². The Morgan fingerprint density at radius 3 is 3.00 bits per heavy atom. The lowest BCUT2D eigenvalue weighted by Gasteiger charge is -2.05. The number of hydrogen-bond acceptors (Lipinski definition) is 3. The van der Waals surface area contributed by atoms with Crippen LogP contribution in [0.1, 0.15) is 0 Å². The van der Waals surface area contributed by atoms with Gasteiger partial charge in [-0.3, -0.25) is 4.79 Å². The van der Waals surface area contributed by atoms with Crippen molar-refractivity contribution < 1.29 is 14.1 Å². The number of rotatable bonds is 1. The Bertz CT molecular complexity index is 208. The lowest BCUT2D eigenvalue weighted by molar-refractivity contribution is -0.415. The van der Waals surface area contributed by atoms with E-state index in [1.54, 1.807) is 0 Å². The van der Waals surface area contributed by atoms with E-state index in [1.165, 1.54) is 24.9 Å². The van der Waals surface area contributed by atoms with Crippen LogP contribution in [0.15, 0.2) is 4.99 Å². The van der Waals surface area contributed by atoms with Crippen molar-refractivity contribution in [1.29, 1.82) is 0 Å². The summed E-state index contributed by atoms with van der Waals surface area (Å²) in [5, 5.41) is 0. The first-order valence-corrected chi connectivity index (χ1v) is 2.67. The molecule has 0 aromatic rings. The number of ether oxygens (including phenoxy) is 1. The van der Waals surface area contributed by atoms with Crippen molar-refractivity contribution in [3.05, 3.63) is 13.2 Å². The molecule has 1 rings (SSSR count). The molecule has 1 heterocycles. The molecule has 0 radical (unpaired) electrons. The van der Waals surface area contributed by atoms with Crippen LogP contribution in [0, 0.1) is 13.2 Å². The molecule has 0 saturated heterocycles. The molecule has 4 nitrogen and oxygen atoms in total. The Morgan fingerprint density at radius 1 is 1.90 bits per heavy atom. The maximum absolute atomic E-state index is 10.7. The second-order valence-electron chi connectivity index (χ2n) is 1.76. The van der Waals surface area contributed by atoms with Crippen LogP contribution in [0.5, 0.6) is 0 Å². The fourth-order valence-electron chi connectivity index (χ4n) is 0.570. The molecule has 0 aromatic heterocycles. The highest BCUT2D eigenvalue weighted by Crippen LogP contribution is 2.02. The van der Waals surface area contributed by atoms with E-state index in [4.69, 9.17) is 0 Å². The van der Waals surface area contributed by atoms with Crippen LogP contribution in [0.4, 0.5) is 0 Å². The van der Waals surface area contributed by atoms with Crippen molar-refractivity contribution in [2.24, 2.45) is 4.99 Å². The molecular weight excluding hydrogens is 132 g/mol. The highest BCUT2D eigenvalue weighted by Gasteiger charge is 2.08. The summed E-state index contributed by atoms with van der Waals surface area (Å²) in [4.78, 5) is 14.4. The van der Waals surface area contributed by atoms with Crippen molar-refractivity contribution >= 4 is 18.4 Å². The van der Waals surface area contributed by atoms with Crippen molar-refractivity contribution in [1.82, 2.24) is 0 Å². The zero-order chi connectivity index (χ0) is 7.56. The number of carbonyl (C=O) groups is 1. The molecule has 54 valence electrons. The molecular formula is C6H7N2O2-. The molecule has 0 amide bonds. The topological polar surface area (TPSA) is 41.7 Å². The van der Waals surface area contributed by atoms with Gasteiger partial charge in [0.25, 0.3) is 5.97 Å². The third kappa shape index (κ3) is 1.10. The van der Waals surface area contributed by atoms with Gasteiger partial charge in [-0.05, 0) is 0 Å².